The second kappa shape index (κ2) is 7.20. The summed E-state index contributed by atoms with van der Waals surface area (Å²) in [6.45, 7) is 1.95. The first-order chi connectivity index (χ1) is 10.1. The minimum Gasteiger partial charge on any atom is -0.493 e. The predicted molar refractivity (Wildman–Crippen MR) is 81.9 cm³/mol. The number of hydrogen-bond acceptors (Lipinski definition) is 3. The first-order valence-electron chi connectivity index (χ1n) is 7.43. The molecule has 5 heteroatoms. The van der Waals surface area contributed by atoms with Crippen LogP contribution in [-0.4, -0.2) is 26.3 Å². The molecule has 1 unspecified atom stereocenters. The van der Waals surface area contributed by atoms with Gasteiger partial charge in [-0.1, -0.05) is 18.9 Å². The molecule has 1 saturated carbocycles. The normalized spacial score (nSPS) is 16.3. The van der Waals surface area contributed by atoms with Crippen molar-refractivity contribution >= 4 is 6.03 Å². The lowest BCUT2D eigenvalue weighted by Crippen LogP contribution is -2.41. The summed E-state index contributed by atoms with van der Waals surface area (Å²) in [6.07, 6.45) is 4.57. The van der Waals surface area contributed by atoms with E-state index in [0.29, 0.717) is 17.5 Å². The van der Waals surface area contributed by atoms with Crippen molar-refractivity contribution in [2.24, 2.45) is 0 Å². The van der Waals surface area contributed by atoms with Gasteiger partial charge in [-0.25, -0.2) is 4.79 Å². The Balaban J connectivity index is 1.95. The molecule has 0 aliphatic heterocycles. The molecule has 116 valence electrons. The van der Waals surface area contributed by atoms with E-state index >= 15 is 0 Å². The van der Waals surface area contributed by atoms with Gasteiger partial charge in [-0.15, -0.1) is 0 Å². The smallest absolute Gasteiger partial charge is 0.315 e. The number of carbonyl (C=O) groups excluding carboxylic acids is 1. The standard InChI is InChI=1S/C16H24N2O3/c1-11(17-16(19)18-13-6-4-5-7-13)12-8-9-14(20-2)15(10-12)21-3/h8-11,13H,4-7H2,1-3H3,(H2,17,18,19). The summed E-state index contributed by atoms with van der Waals surface area (Å²) in [6, 6.07) is 5.79. The van der Waals surface area contributed by atoms with Crippen molar-refractivity contribution in [2.75, 3.05) is 14.2 Å². The van der Waals surface area contributed by atoms with Gasteiger partial charge in [0, 0.05) is 6.04 Å². The van der Waals surface area contributed by atoms with Crippen LogP contribution in [0, 0.1) is 0 Å². The SMILES string of the molecule is COc1ccc(C(C)NC(=O)NC2CCCC2)cc1OC. The van der Waals surface area contributed by atoms with Crippen LogP contribution in [0.15, 0.2) is 18.2 Å². The van der Waals surface area contributed by atoms with Crippen molar-refractivity contribution in [2.45, 2.75) is 44.7 Å². The fourth-order valence-electron chi connectivity index (χ4n) is 2.70. The Morgan fingerprint density at radius 1 is 1.19 bits per heavy atom. The summed E-state index contributed by atoms with van der Waals surface area (Å²) >= 11 is 0. The quantitative estimate of drug-likeness (QED) is 0.877. The van der Waals surface area contributed by atoms with Gasteiger partial charge in [-0.05, 0) is 37.5 Å². The highest BCUT2D eigenvalue weighted by Gasteiger charge is 2.18. The van der Waals surface area contributed by atoms with Crippen molar-refractivity contribution in [3.8, 4) is 11.5 Å². The molecule has 2 amide bonds. The Labute approximate surface area is 126 Å². The zero-order valence-corrected chi connectivity index (χ0v) is 12.9. The molecule has 1 aromatic rings. The fraction of sp³-hybridized carbons (Fsp3) is 0.562. The molecule has 0 heterocycles. The van der Waals surface area contributed by atoms with Crippen LogP contribution in [0.3, 0.4) is 0 Å². The maximum absolute atomic E-state index is 12.0. The van der Waals surface area contributed by atoms with Crippen LogP contribution in [0.5, 0.6) is 11.5 Å². The van der Waals surface area contributed by atoms with Crippen LogP contribution in [0.25, 0.3) is 0 Å². The lowest BCUT2D eigenvalue weighted by molar-refractivity contribution is 0.234. The maximum atomic E-state index is 12.0. The Morgan fingerprint density at radius 3 is 2.48 bits per heavy atom. The van der Waals surface area contributed by atoms with E-state index in [-0.39, 0.29) is 12.1 Å². The number of amides is 2. The molecule has 2 rings (SSSR count). The van der Waals surface area contributed by atoms with Gasteiger partial charge in [0.1, 0.15) is 0 Å². The lowest BCUT2D eigenvalue weighted by atomic mass is 10.1. The highest BCUT2D eigenvalue weighted by atomic mass is 16.5. The zero-order valence-electron chi connectivity index (χ0n) is 12.9. The van der Waals surface area contributed by atoms with Gasteiger partial charge >= 0.3 is 6.03 Å². The Hall–Kier alpha value is -1.91. The number of ether oxygens (including phenoxy) is 2. The largest absolute Gasteiger partial charge is 0.493 e. The summed E-state index contributed by atoms with van der Waals surface area (Å²) in [7, 11) is 3.21. The average Bonchev–Trinajstić information content (AvgIpc) is 2.99. The van der Waals surface area contributed by atoms with Gasteiger partial charge in [0.2, 0.25) is 0 Å². The Bertz CT molecular complexity index is 484. The minimum absolute atomic E-state index is 0.0915. The first-order valence-corrected chi connectivity index (χ1v) is 7.43. The number of methoxy groups -OCH3 is 2. The molecule has 5 nitrogen and oxygen atoms in total. The van der Waals surface area contributed by atoms with Crippen LogP contribution < -0.4 is 20.1 Å². The summed E-state index contributed by atoms with van der Waals surface area (Å²) < 4.78 is 10.5. The van der Waals surface area contributed by atoms with Crippen LogP contribution in [-0.2, 0) is 0 Å². The van der Waals surface area contributed by atoms with E-state index in [1.165, 1.54) is 12.8 Å². The summed E-state index contributed by atoms with van der Waals surface area (Å²) in [4.78, 5) is 12.0. The molecule has 21 heavy (non-hydrogen) atoms. The van der Waals surface area contributed by atoms with Gasteiger partial charge in [0.05, 0.1) is 20.3 Å². The second-order valence-electron chi connectivity index (χ2n) is 5.44. The van der Waals surface area contributed by atoms with Crippen LogP contribution in [0.1, 0.15) is 44.2 Å². The monoisotopic (exact) mass is 292 g/mol. The van der Waals surface area contributed by atoms with Crippen molar-refractivity contribution < 1.29 is 14.3 Å². The fourth-order valence-corrected chi connectivity index (χ4v) is 2.70. The molecule has 1 fully saturated rings. The van der Waals surface area contributed by atoms with Crippen LogP contribution in [0.4, 0.5) is 4.79 Å². The molecule has 0 spiro atoms. The van der Waals surface area contributed by atoms with Crippen molar-refractivity contribution in [3.63, 3.8) is 0 Å². The number of rotatable bonds is 5. The number of nitrogens with one attached hydrogen (secondary N) is 2. The van der Waals surface area contributed by atoms with Crippen LogP contribution in [0.2, 0.25) is 0 Å². The molecule has 2 N–H and O–H groups in total. The molecular weight excluding hydrogens is 268 g/mol. The molecule has 1 aromatic carbocycles. The zero-order chi connectivity index (χ0) is 15.2. The van der Waals surface area contributed by atoms with Gasteiger partial charge in [-0.2, -0.15) is 0 Å². The predicted octanol–water partition coefficient (Wildman–Crippen LogP) is 3.01. The molecule has 0 aromatic heterocycles. The van der Waals surface area contributed by atoms with Crippen molar-refractivity contribution in [1.82, 2.24) is 10.6 Å². The average molecular weight is 292 g/mol. The summed E-state index contributed by atoms with van der Waals surface area (Å²) in [5.41, 5.74) is 0.981. The summed E-state index contributed by atoms with van der Waals surface area (Å²) in [5.74, 6) is 1.35. The van der Waals surface area contributed by atoms with Gasteiger partial charge in [0.25, 0.3) is 0 Å². The molecular formula is C16H24N2O3. The van der Waals surface area contributed by atoms with E-state index in [4.69, 9.17) is 9.47 Å². The molecule has 1 aliphatic carbocycles. The maximum Gasteiger partial charge on any atom is 0.315 e. The molecule has 0 saturated heterocycles. The molecule has 0 bridgehead atoms. The van der Waals surface area contributed by atoms with E-state index in [9.17, 15) is 4.79 Å². The van der Waals surface area contributed by atoms with E-state index in [2.05, 4.69) is 10.6 Å². The third-order valence-electron chi connectivity index (χ3n) is 3.95. The number of hydrogen-bond donors (Lipinski definition) is 2. The van der Waals surface area contributed by atoms with Gasteiger partial charge < -0.3 is 20.1 Å². The van der Waals surface area contributed by atoms with E-state index < -0.39 is 0 Å². The third-order valence-corrected chi connectivity index (χ3v) is 3.95. The van der Waals surface area contributed by atoms with Gasteiger partial charge in [0.15, 0.2) is 11.5 Å². The highest BCUT2D eigenvalue weighted by molar-refractivity contribution is 5.74. The lowest BCUT2D eigenvalue weighted by Gasteiger charge is -2.19. The molecule has 1 aliphatic rings. The second-order valence-corrected chi connectivity index (χ2v) is 5.44. The van der Waals surface area contributed by atoms with Crippen molar-refractivity contribution in [1.29, 1.82) is 0 Å². The minimum atomic E-state index is -0.107. The topological polar surface area (TPSA) is 59.6 Å². The number of carbonyl (C=O) groups is 1. The van der Waals surface area contributed by atoms with Crippen molar-refractivity contribution in [3.05, 3.63) is 23.8 Å². The van der Waals surface area contributed by atoms with Crippen LogP contribution >= 0.6 is 0 Å². The van der Waals surface area contributed by atoms with E-state index in [1.54, 1.807) is 14.2 Å². The van der Waals surface area contributed by atoms with E-state index in [1.807, 2.05) is 25.1 Å². The number of benzene rings is 1. The molecule has 0 radical (unpaired) electrons. The Morgan fingerprint density at radius 2 is 1.86 bits per heavy atom. The van der Waals surface area contributed by atoms with Gasteiger partial charge in [-0.3, -0.25) is 0 Å². The number of urea groups is 1. The molecule has 1 atom stereocenters. The Kier molecular flexibility index (Phi) is 5.31. The summed E-state index contributed by atoms with van der Waals surface area (Å²) in [5, 5.41) is 5.99. The third kappa shape index (κ3) is 4.03. The highest BCUT2D eigenvalue weighted by Crippen LogP contribution is 2.29. The van der Waals surface area contributed by atoms with E-state index in [0.717, 1.165) is 18.4 Å². The first kappa shape index (κ1) is 15.5.